The number of nitrogens with zero attached hydrogens (tertiary/aromatic N) is 1. The third-order valence-corrected chi connectivity index (χ3v) is 4.53. The predicted molar refractivity (Wildman–Crippen MR) is 98.6 cm³/mol. The van der Waals surface area contributed by atoms with Crippen LogP contribution in [0.4, 0.5) is 14.5 Å². The van der Waals surface area contributed by atoms with Crippen molar-refractivity contribution in [3.63, 3.8) is 0 Å². The number of carbonyl (C=O) groups is 2. The van der Waals surface area contributed by atoms with Crippen LogP contribution in [0.3, 0.4) is 0 Å². The number of rotatable bonds is 4. The Balaban J connectivity index is 1.91. The normalized spacial score (nSPS) is 18.4. The molecule has 0 aromatic heterocycles. The van der Waals surface area contributed by atoms with Crippen LogP contribution in [0.2, 0.25) is 0 Å². The van der Waals surface area contributed by atoms with Crippen LogP contribution in [-0.4, -0.2) is 23.4 Å². The van der Waals surface area contributed by atoms with Crippen LogP contribution in [0.5, 0.6) is 0 Å². The van der Waals surface area contributed by atoms with Gasteiger partial charge in [0, 0.05) is 12.8 Å². The Bertz CT molecular complexity index is 964. The molecular weight excluding hydrogens is 366 g/mol. The summed E-state index contributed by atoms with van der Waals surface area (Å²) in [6.45, 7) is 3.59. The Morgan fingerprint density at radius 1 is 1.21 bits per heavy atom. The molecule has 0 saturated carbocycles. The van der Waals surface area contributed by atoms with Gasteiger partial charge in [-0.15, -0.1) is 0 Å². The molecule has 1 saturated heterocycles. The zero-order chi connectivity index (χ0) is 20.3. The topological polar surface area (TPSA) is 58.6 Å². The van der Waals surface area contributed by atoms with Crippen molar-refractivity contribution in [2.24, 2.45) is 5.92 Å². The number of aryl methyl sites for hydroxylation is 1. The van der Waals surface area contributed by atoms with Crippen molar-refractivity contribution in [1.82, 2.24) is 5.06 Å². The van der Waals surface area contributed by atoms with Gasteiger partial charge in [0.05, 0.1) is 12.2 Å². The van der Waals surface area contributed by atoms with Gasteiger partial charge < -0.3 is 10.2 Å². The van der Waals surface area contributed by atoms with E-state index in [1.807, 2.05) is 31.2 Å². The van der Waals surface area contributed by atoms with E-state index < -0.39 is 35.3 Å². The lowest BCUT2D eigenvalue weighted by atomic mass is 9.87. The van der Waals surface area contributed by atoms with Gasteiger partial charge in [0.2, 0.25) is 5.91 Å². The van der Waals surface area contributed by atoms with E-state index in [1.165, 1.54) is 12.1 Å². The molecule has 0 radical (unpaired) electrons. The Hall–Kier alpha value is -3.40. The van der Waals surface area contributed by atoms with Crippen molar-refractivity contribution < 1.29 is 23.2 Å². The van der Waals surface area contributed by atoms with Crippen LogP contribution in [0.15, 0.2) is 42.5 Å². The fourth-order valence-corrected chi connectivity index (χ4v) is 3.10. The van der Waals surface area contributed by atoms with E-state index in [2.05, 4.69) is 17.3 Å². The van der Waals surface area contributed by atoms with Crippen LogP contribution in [0.1, 0.15) is 24.0 Å². The SMILES string of the molecule is CC#CON1CC(c2ccc(C)cc2)C(C(=O)Nc2cccc(F)c2F)C1=O. The summed E-state index contributed by atoms with van der Waals surface area (Å²) in [6.07, 6.45) is 2.34. The number of hydrogen-bond donors (Lipinski definition) is 1. The number of benzene rings is 2. The highest BCUT2D eigenvalue weighted by Crippen LogP contribution is 2.35. The van der Waals surface area contributed by atoms with E-state index >= 15 is 0 Å². The maximum atomic E-state index is 13.9. The first-order chi connectivity index (χ1) is 13.4. The fourth-order valence-electron chi connectivity index (χ4n) is 3.10. The molecule has 0 bridgehead atoms. The molecule has 7 heteroatoms. The van der Waals surface area contributed by atoms with Gasteiger partial charge in [0.15, 0.2) is 11.6 Å². The lowest BCUT2D eigenvalue weighted by molar-refractivity contribution is -0.159. The molecule has 1 fully saturated rings. The molecule has 2 unspecified atom stereocenters. The minimum atomic E-state index is -1.18. The van der Waals surface area contributed by atoms with Crippen molar-refractivity contribution in [2.45, 2.75) is 19.8 Å². The highest BCUT2D eigenvalue weighted by atomic mass is 19.2. The molecule has 2 aromatic carbocycles. The molecule has 0 aliphatic carbocycles. The maximum absolute atomic E-state index is 13.9. The molecule has 0 spiro atoms. The summed E-state index contributed by atoms with van der Waals surface area (Å²) in [4.78, 5) is 30.7. The molecule has 2 aromatic rings. The molecular formula is C21H18F2N2O3. The molecule has 28 heavy (non-hydrogen) atoms. The molecule has 2 atom stereocenters. The van der Waals surface area contributed by atoms with Gasteiger partial charge in [0.1, 0.15) is 12.0 Å². The first kappa shape index (κ1) is 19.4. The number of halogens is 2. The Morgan fingerprint density at radius 3 is 2.61 bits per heavy atom. The molecule has 3 rings (SSSR count). The van der Waals surface area contributed by atoms with Gasteiger partial charge in [-0.25, -0.2) is 8.78 Å². The Kier molecular flexibility index (Phi) is 5.59. The molecule has 2 amide bonds. The summed E-state index contributed by atoms with van der Waals surface area (Å²) in [5.41, 5.74) is 1.46. The zero-order valence-electron chi connectivity index (χ0n) is 15.3. The number of anilines is 1. The summed E-state index contributed by atoms with van der Waals surface area (Å²) >= 11 is 0. The average Bonchev–Trinajstić information content (AvgIpc) is 3.00. The van der Waals surface area contributed by atoms with Crippen LogP contribution in [0, 0.1) is 36.5 Å². The first-order valence-electron chi connectivity index (χ1n) is 8.64. The summed E-state index contributed by atoms with van der Waals surface area (Å²) in [6, 6.07) is 10.8. The van der Waals surface area contributed by atoms with E-state index in [0.717, 1.165) is 22.3 Å². The van der Waals surface area contributed by atoms with Crippen LogP contribution in [-0.2, 0) is 14.4 Å². The highest BCUT2D eigenvalue weighted by Gasteiger charge is 2.47. The van der Waals surface area contributed by atoms with Crippen molar-refractivity contribution in [3.8, 4) is 12.0 Å². The largest absolute Gasteiger partial charge is 0.324 e. The second kappa shape index (κ2) is 8.09. The average molecular weight is 384 g/mol. The first-order valence-corrected chi connectivity index (χ1v) is 8.64. The molecule has 1 aliphatic rings. The third kappa shape index (κ3) is 3.81. The lowest BCUT2D eigenvalue weighted by Crippen LogP contribution is -2.33. The summed E-state index contributed by atoms with van der Waals surface area (Å²) < 4.78 is 27.4. The van der Waals surface area contributed by atoms with Crippen molar-refractivity contribution in [3.05, 3.63) is 65.2 Å². The number of nitrogens with one attached hydrogen (secondary N) is 1. The van der Waals surface area contributed by atoms with E-state index in [1.54, 1.807) is 6.92 Å². The highest BCUT2D eigenvalue weighted by molar-refractivity contribution is 6.08. The van der Waals surface area contributed by atoms with Gasteiger partial charge >= 0.3 is 0 Å². The quantitative estimate of drug-likeness (QED) is 0.650. The maximum Gasteiger partial charge on any atom is 0.269 e. The summed E-state index contributed by atoms with van der Waals surface area (Å²) in [5, 5.41) is 3.34. The number of carbonyl (C=O) groups excluding carboxylic acids is 2. The lowest BCUT2D eigenvalue weighted by Gasteiger charge is -2.17. The fraction of sp³-hybridized carbons (Fsp3) is 0.238. The van der Waals surface area contributed by atoms with E-state index in [4.69, 9.17) is 4.84 Å². The zero-order valence-corrected chi connectivity index (χ0v) is 15.3. The van der Waals surface area contributed by atoms with Crippen molar-refractivity contribution in [1.29, 1.82) is 0 Å². The van der Waals surface area contributed by atoms with Crippen molar-refractivity contribution >= 4 is 17.5 Å². The number of amides is 2. The second-order valence-corrected chi connectivity index (χ2v) is 6.43. The minimum Gasteiger partial charge on any atom is -0.324 e. The van der Waals surface area contributed by atoms with Gasteiger partial charge in [-0.2, -0.15) is 5.06 Å². The van der Waals surface area contributed by atoms with Gasteiger partial charge in [-0.1, -0.05) is 41.8 Å². The van der Waals surface area contributed by atoms with Gasteiger partial charge in [-0.3, -0.25) is 9.59 Å². The number of hydroxylamine groups is 2. The van der Waals surface area contributed by atoms with Crippen molar-refractivity contribution in [2.75, 3.05) is 11.9 Å². The number of hydrogen-bond acceptors (Lipinski definition) is 3. The van der Waals surface area contributed by atoms with Crippen LogP contribution in [0.25, 0.3) is 0 Å². The Morgan fingerprint density at radius 2 is 1.93 bits per heavy atom. The standard InChI is InChI=1S/C21H18F2N2O3/c1-3-11-28-25-12-15(14-9-7-13(2)8-10-14)18(21(25)27)20(26)24-17-6-4-5-16(22)19(17)23/h4-10,15,18H,12H2,1-2H3,(H,24,26). The minimum absolute atomic E-state index is 0.111. The third-order valence-electron chi connectivity index (χ3n) is 4.53. The van der Waals surface area contributed by atoms with Gasteiger partial charge in [0.25, 0.3) is 5.91 Å². The molecule has 144 valence electrons. The van der Waals surface area contributed by atoms with E-state index in [-0.39, 0.29) is 12.2 Å². The van der Waals surface area contributed by atoms with E-state index in [0.29, 0.717) is 0 Å². The van der Waals surface area contributed by atoms with E-state index in [9.17, 15) is 18.4 Å². The molecule has 1 heterocycles. The summed E-state index contributed by atoms with van der Waals surface area (Å²) in [7, 11) is 0. The smallest absolute Gasteiger partial charge is 0.269 e. The molecule has 1 N–H and O–H groups in total. The van der Waals surface area contributed by atoms with Gasteiger partial charge in [-0.05, 0) is 24.6 Å². The summed E-state index contributed by atoms with van der Waals surface area (Å²) in [5.74, 6) is -2.78. The predicted octanol–water partition coefficient (Wildman–Crippen LogP) is 3.37. The van der Waals surface area contributed by atoms with Crippen LogP contribution < -0.4 is 5.32 Å². The monoisotopic (exact) mass is 384 g/mol. The second-order valence-electron chi connectivity index (χ2n) is 6.43. The molecule has 1 aliphatic heterocycles. The molecule has 5 nitrogen and oxygen atoms in total. The van der Waals surface area contributed by atoms with Crippen LogP contribution >= 0.6 is 0 Å². The Labute approximate surface area is 161 Å².